The number of imide groups is 2. The maximum absolute atomic E-state index is 15.2. The van der Waals surface area contributed by atoms with E-state index in [2.05, 4.69) is 10.4 Å². The van der Waals surface area contributed by atoms with Crippen molar-refractivity contribution < 1.29 is 42.2 Å². The third-order valence-corrected chi connectivity index (χ3v) is 11.9. The zero-order valence-corrected chi connectivity index (χ0v) is 30.8. The number of hydrogen-bond donors (Lipinski definition) is 2. The van der Waals surface area contributed by atoms with Gasteiger partial charge >= 0.3 is 6.18 Å². The number of ether oxygens (including phenoxy) is 1. The van der Waals surface area contributed by atoms with E-state index in [0.29, 0.717) is 39.7 Å². The number of allylic oxidation sites excluding steroid dienone is 3. The summed E-state index contributed by atoms with van der Waals surface area (Å²) in [6.07, 6.45) is 1.33. The number of para-hydroxylation sites is 1. The predicted molar refractivity (Wildman–Crippen MR) is 200 cm³/mol. The zero-order valence-electron chi connectivity index (χ0n) is 29.3. The van der Waals surface area contributed by atoms with Gasteiger partial charge in [-0.3, -0.25) is 29.5 Å². The number of benzene rings is 3. The molecule has 56 heavy (non-hydrogen) atoms. The summed E-state index contributed by atoms with van der Waals surface area (Å²) in [5.41, 5.74) is 1.89. The summed E-state index contributed by atoms with van der Waals surface area (Å²) in [4.78, 5) is 63.4. The molecule has 2 saturated heterocycles. The molecule has 15 heteroatoms. The lowest BCUT2D eigenvalue weighted by molar-refractivity contribution is -0.139. The summed E-state index contributed by atoms with van der Waals surface area (Å²) in [5, 5.41) is 10.9. The number of nitrogens with one attached hydrogen (secondary N) is 1. The summed E-state index contributed by atoms with van der Waals surface area (Å²) >= 11 is 12.6. The van der Waals surface area contributed by atoms with Crippen LogP contribution in [0.1, 0.15) is 29.5 Å². The van der Waals surface area contributed by atoms with Gasteiger partial charge in [-0.05, 0) is 72.4 Å². The van der Waals surface area contributed by atoms with Crippen LogP contribution in [-0.2, 0) is 30.8 Å². The molecule has 8 rings (SSSR count). The average Bonchev–Trinajstić information content (AvgIpc) is 3.56. The van der Waals surface area contributed by atoms with Crippen molar-refractivity contribution in [1.29, 1.82) is 0 Å². The van der Waals surface area contributed by atoms with Gasteiger partial charge < -0.3 is 9.84 Å². The van der Waals surface area contributed by atoms with E-state index in [1.165, 1.54) is 18.1 Å². The molecular formula is C41H31Cl2F3N4O6. The molecule has 1 aromatic heterocycles. The van der Waals surface area contributed by atoms with Crippen LogP contribution in [0, 0.1) is 29.6 Å². The second kappa shape index (κ2) is 13.8. The molecule has 3 heterocycles. The van der Waals surface area contributed by atoms with Crippen molar-refractivity contribution in [2.45, 2.75) is 24.4 Å². The number of methoxy groups -OCH3 is 1. The first kappa shape index (κ1) is 37.3. The molecule has 2 N–H and O–H groups in total. The fourth-order valence-corrected chi connectivity index (χ4v) is 9.20. The number of carbonyl (C=O) groups is 4. The largest absolute Gasteiger partial charge is 0.504 e. The molecule has 0 spiro atoms. The summed E-state index contributed by atoms with van der Waals surface area (Å²) in [6.45, 7) is 0. The fraction of sp³-hybridized carbons (Fsp3) is 0.244. The van der Waals surface area contributed by atoms with Crippen molar-refractivity contribution in [2.24, 2.45) is 29.6 Å². The molecule has 10 nitrogen and oxygen atoms in total. The number of hydrogen-bond acceptors (Lipinski definition) is 8. The number of halogens is 5. The van der Waals surface area contributed by atoms with Crippen molar-refractivity contribution in [1.82, 2.24) is 9.99 Å². The van der Waals surface area contributed by atoms with E-state index in [1.54, 1.807) is 78.9 Å². The smallest absolute Gasteiger partial charge is 0.417 e. The molecule has 4 aliphatic rings. The van der Waals surface area contributed by atoms with E-state index < -0.39 is 69.5 Å². The Bertz CT molecular complexity index is 2360. The molecule has 4 aromatic rings. The third-order valence-electron chi connectivity index (χ3n) is 11.3. The molecule has 0 radical (unpaired) electrons. The first-order valence-corrected chi connectivity index (χ1v) is 18.3. The molecule has 1 saturated carbocycles. The topological polar surface area (TPSA) is 129 Å². The quantitative estimate of drug-likeness (QED) is 0.143. The third kappa shape index (κ3) is 5.83. The van der Waals surface area contributed by atoms with E-state index in [0.717, 1.165) is 5.01 Å². The standard InChI is InChI=1S/C41H31Cl2F3N4O6/c1-56-33-17-21(8-16-32(33)51)7-15-29-26-13-14-27-34(38(54)49(36(27)52)25-5-3-2-4-6-25)28(26)19-30-37(53)50(39(55)40(29,30)22-9-11-24(42)12-10-22)48-35-31(43)18-23(20-47-35)41(44,45)46/h2-13,15-18,20,27-30,34,51H,14,19H2,1H3,(H,47,48)/t27-,28+,29-,30-,34-,40-/m0/s1. The lowest BCUT2D eigenvalue weighted by Crippen LogP contribution is -2.54. The summed E-state index contributed by atoms with van der Waals surface area (Å²) < 4.78 is 45.8. The van der Waals surface area contributed by atoms with Crippen LogP contribution in [0.3, 0.4) is 0 Å². The highest BCUT2D eigenvalue weighted by atomic mass is 35.5. The second-order valence-corrected chi connectivity index (χ2v) is 14.9. The first-order valence-electron chi connectivity index (χ1n) is 17.6. The van der Waals surface area contributed by atoms with E-state index in [9.17, 15) is 32.7 Å². The highest BCUT2D eigenvalue weighted by Crippen LogP contribution is 2.62. The number of alkyl halides is 3. The molecule has 2 aliphatic heterocycles. The van der Waals surface area contributed by atoms with Gasteiger partial charge in [0.25, 0.3) is 11.8 Å². The van der Waals surface area contributed by atoms with Gasteiger partial charge in [0.15, 0.2) is 17.3 Å². The van der Waals surface area contributed by atoms with Crippen molar-refractivity contribution in [3.8, 4) is 11.5 Å². The zero-order chi connectivity index (χ0) is 39.7. The van der Waals surface area contributed by atoms with Crippen LogP contribution >= 0.6 is 23.2 Å². The number of aromatic nitrogens is 1. The molecular weight excluding hydrogens is 772 g/mol. The van der Waals surface area contributed by atoms with Gasteiger partial charge in [-0.25, -0.2) is 4.98 Å². The molecule has 3 fully saturated rings. The Hall–Kier alpha value is -5.66. The molecule has 0 unspecified atom stereocenters. The Labute approximate surface area is 328 Å². The lowest BCUT2D eigenvalue weighted by atomic mass is 9.50. The highest BCUT2D eigenvalue weighted by Gasteiger charge is 2.69. The van der Waals surface area contributed by atoms with Gasteiger partial charge in [0.05, 0.1) is 46.6 Å². The Morgan fingerprint density at radius 1 is 0.946 bits per heavy atom. The van der Waals surface area contributed by atoms with Gasteiger partial charge in [-0.1, -0.05) is 83.4 Å². The van der Waals surface area contributed by atoms with E-state index in [1.807, 2.05) is 6.08 Å². The first-order chi connectivity index (χ1) is 26.7. The Kier molecular flexibility index (Phi) is 9.20. The summed E-state index contributed by atoms with van der Waals surface area (Å²) in [6, 6.07) is 20.4. The van der Waals surface area contributed by atoms with Gasteiger partial charge in [0.2, 0.25) is 11.8 Å². The van der Waals surface area contributed by atoms with Gasteiger partial charge in [-0.15, -0.1) is 0 Å². The number of anilines is 2. The SMILES string of the molecule is COc1cc(C=C[C@H]2C3=CC[C@@H]4C(=O)N(c5ccccc5)C(=O)[C@@H]4[C@@H]3C[C@H]3C(=O)N(Nc4ncc(C(F)(F)F)cc4Cl)C(=O)[C@@]23c2ccc(Cl)cc2)ccc1O. The maximum atomic E-state index is 15.2. The number of hydrazine groups is 1. The predicted octanol–water partition coefficient (Wildman–Crippen LogP) is 7.86. The van der Waals surface area contributed by atoms with Crippen molar-refractivity contribution in [3.05, 3.63) is 130 Å². The van der Waals surface area contributed by atoms with Gasteiger partial charge in [-0.2, -0.15) is 18.2 Å². The number of fused-ring (bicyclic) bond motifs is 4. The number of rotatable bonds is 7. The number of aromatic hydroxyl groups is 1. The minimum Gasteiger partial charge on any atom is -0.504 e. The minimum absolute atomic E-state index is 0.0222. The van der Waals surface area contributed by atoms with Crippen LogP contribution in [0.4, 0.5) is 24.7 Å². The maximum Gasteiger partial charge on any atom is 0.417 e. The molecule has 286 valence electrons. The number of phenols is 1. The Morgan fingerprint density at radius 3 is 2.36 bits per heavy atom. The van der Waals surface area contributed by atoms with Crippen molar-refractivity contribution in [3.63, 3.8) is 0 Å². The van der Waals surface area contributed by atoms with E-state index in [4.69, 9.17) is 27.9 Å². The molecule has 2 aliphatic carbocycles. The summed E-state index contributed by atoms with van der Waals surface area (Å²) in [7, 11) is 1.40. The lowest BCUT2D eigenvalue weighted by Gasteiger charge is -2.49. The number of phenolic OH excluding ortho intramolecular Hbond substituents is 1. The van der Waals surface area contributed by atoms with Crippen molar-refractivity contribution in [2.75, 3.05) is 17.4 Å². The van der Waals surface area contributed by atoms with Crippen LogP contribution in [0.5, 0.6) is 11.5 Å². The summed E-state index contributed by atoms with van der Waals surface area (Å²) in [5.74, 6) is -6.83. The van der Waals surface area contributed by atoms with Crippen LogP contribution in [0.2, 0.25) is 10.0 Å². The number of nitrogens with zero attached hydrogens (tertiary/aromatic N) is 3. The number of pyridine rings is 1. The normalized spacial score (nSPS) is 26.0. The van der Waals surface area contributed by atoms with Gasteiger partial charge in [0.1, 0.15) is 0 Å². The number of amides is 4. The highest BCUT2D eigenvalue weighted by molar-refractivity contribution is 6.33. The monoisotopic (exact) mass is 802 g/mol. The Morgan fingerprint density at radius 2 is 1.68 bits per heavy atom. The molecule has 4 amide bonds. The second-order valence-electron chi connectivity index (χ2n) is 14.1. The van der Waals surface area contributed by atoms with Crippen LogP contribution < -0.4 is 15.1 Å². The van der Waals surface area contributed by atoms with Crippen LogP contribution in [-0.4, -0.2) is 45.8 Å². The Balaban J connectivity index is 1.29. The fourth-order valence-electron chi connectivity index (χ4n) is 8.87. The average molecular weight is 804 g/mol. The van der Waals surface area contributed by atoms with Crippen LogP contribution in [0.15, 0.2) is 103 Å². The number of carbonyl (C=O) groups excluding carboxylic acids is 4. The molecule has 3 aromatic carbocycles. The van der Waals surface area contributed by atoms with Crippen molar-refractivity contribution >= 4 is 64.4 Å². The molecule has 0 bridgehead atoms. The van der Waals surface area contributed by atoms with Gasteiger partial charge in [0, 0.05) is 17.1 Å². The van der Waals surface area contributed by atoms with Crippen LogP contribution in [0.25, 0.3) is 6.08 Å². The molecule has 6 atom stereocenters. The minimum atomic E-state index is -4.75. The van der Waals surface area contributed by atoms with E-state index >= 15 is 4.79 Å². The van der Waals surface area contributed by atoms with E-state index in [-0.39, 0.29) is 36.1 Å².